The van der Waals surface area contributed by atoms with Crippen molar-refractivity contribution in [2.24, 2.45) is 5.92 Å². The van der Waals surface area contributed by atoms with E-state index in [9.17, 15) is 0 Å². The summed E-state index contributed by atoms with van der Waals surface area (Å²) in [4.78, 5) is 0. The van der Waals surface area contributed by atoms with Gasteiger partial charge in [-0.1, -0.05) is 42.6 Å². The maximum absolute atomic E-state index is 6.24. The van der Waals surface area contributed by atoms with Gasteiger partial charge < -0.3 is 5.32 Å². The van der Waals surface area contributed by atoms with Gasteiger partial charge in [-0.25, -0.2) is 0 Å². The van der Waals surface area contributed by atoms with Crippen molar-refractivity contribution in [1.29, 1.82) is 0 Å². The standard InChI is InChI=1S/C15H21Cl2N/c1-2-3-11(10-18-14-6-7-14)8-12-4-5-13(16)9-15(12)17/h4-5,9,11,14,18H,2-3,6-8,10H2,1H3. The van der Waals surface area contributed by atoms with Crippen LogP contribution in [0.25, 0.3) is 0 Å². The molecule has 2 rings (SSSR count). The number of nitrogens with one attached hydrogen (secondary N) is 1. The van der Waals surface area contributed by atoms with Gasteiger partial charge in [-0.2, -0.15) is 0 Å². The fourth-order valence-corrected chi connectivity index (χ4v) is 2.79. The van der Waals surface area contributed by atoms with Crippen LogP contribution in [-0.4, -0.2) is 12.6 Å². The highest BCUT2D eigenvalue weighted by Crippen LogP contribution is 2.25. The second kappa shape index (κ2) is 6.79. The number of halogens is 2. The third-order valence-electron chi connectivity index (χ3n) is 3.49. The fraction of sp³-hybridized carbons (Fsp3) is 0.600. The van der Waals surface area contributed by atoms with Crippen LogP contribution in [0.2, 0.25) is 10.0 Å². The van der Waals surface area contributed by atoms with E-state index in [4.69, 9.17) is 23.2 Å². The van der Waals surface area contributed by atoms with Crippen LogP contribution in [0.5, 0.6) is 0 Å². The van der Waals surface area contributed by atoms with E-state index in [1.54, 1.807) is 0 Å². The predicted molar refractivity (Wildman–Crippen MR) is 79.6 cm³/mol. The first-order valence-electron chi connectivity index (χ1n) is 6.86. The minimum atomic E-state index is 0.675. The topological polar surface area (TPSA) is 12.0 Å². The van der Waals surface area contributed by atoms with Crippen molar-refractivity contribution in [3.05, 3.63) is 33.8 Å². The lowest BCUT2D eigenvalue weighted by molar-refractivity contribution is 0.437. The molecule has 0 aliphatic heterocycles. The molecule has 0 aromatic heterocycles. The zero-order chi connectivity index (χ0) is 13.0. The largest absolute Gasteiger partial charge is 0.314 e. The van der Waals surface area contributed by atoms with E-state index in [0.717, 1.165) is 24.0 Å². The Bertz CT molecular complexity index is 388. The van der Waals surface area contributed by atoms with Crippen molar-refractivity contribution in [1.82, 2.24) is 5.32 Å². The molecule has 0 radical (unpaired) electrons. The van der Waals surface area contributed by atoms with E-state index in [2.05, 4.69) is 18.3 Å². The summed E-state index contributed by atoms with van der Waals surface area (Å²) in [5, 5.41) is 5.14. The van der Waals surface area contributed by atoms with E-state index in [1.165, 1.54) is 31.2 Å². The second-order valence-corrected chi connectivity index (χ2v) is 6.12. The molecule has 1 fully saturated rings. The second-order valence-electron chi connectivity index (χ2n) is 5.28. The van der Waals surface area contributed by atoms with Crippen LogP contribution in [0.4, 0.5) is 0 Å². The fourth-order valence-electron chi connectivity index (χ4n) is 2.30. The molecule has 100 valence electrons. The molecule has 3 heteroatoms. The lowest BCUT2D eigenvalue weighted by Gasteiger charge is -2.17. The average molecular weight is 286 g/mol. The maximum Gasteiger partial charge on any atom is 0.0452 e. The normalized spacial score (nSPS) is 16.8. The Labute approximate surface area is 120 Å². The summed E-state index contributed by atoms with van der Waals surface area (Å²) < 4.78 is 0. The molecule has 1 N–H and O–H groups in total. The summed E-state index contributed by atoms with van der Waals surface area (Å²) in [6.45, 7) is 3.35. The van der Waals surface area contributed by atoms with Gasteiger partial charge in [0, 0.05) is 16.1 Å². The molecule has 0 bridgehead atoms. The van der Waals surface area contributed by atoms with Crippen molar-refractivity contribution in [3.8, 4) is 0 Å². The Kier molecular flexibility index (Phi) is 5.35. The number of benzene rings is 1. The van der Waals surface area contributed by atoms with Crippen LogP contribution in [0.1, 0.15) is 38.2 Å². The molecule has 1 nitrogen and oxygen atoms in total. The van der Waals surface area contributed by atoms with Gasteiger partial charge in [0.2, 0.25) is 0 Å². The monoisotopic (exact) mass is 285 g/mol. The Morgan fingerprint density at radius 2 is 2.11 bits per heavy atom. The number of hydrogen-bond donors (Lipinski definition) is 1. The molecule has 0 saturated heterocycles. The molecule has 0 spiro atoms. The third-order valence-corrected chi connectivity index (χ3v) is 4.08. The van der Waals surface area contributed by atoms with Crippen molar-refractivity contribution < 1.29 is 0 Å². The summed E-state index contributed by atoms with van der Waals surface area (Å²) in [6, 6.07) is 6.62. The Morgan fingerprint density at radius 3 is 2.72 bits per heavy atom. The third kappa shape index (κ3) is 4.46. The van der Waals surface area contributed by atoms with Gasteiger partial charge in [-0.3, -0.25) is 0 Å². The van der Waals surface area contributed by atoms with E-state index in [-0.39, 0.29) is 0 Å². The smallest absolute Gasteiger partial charge is 0.0452 e. The van der Waals surface area contributed by atoms with Gasteiger partial charge in [0.15, 0.2) is 0 Å². The van der Waals surface area contributed by atoms with Crippen molar-refractivity contribution in [2.75, 3.05) is 6.54 Å². The van der Waals surface area contributed by atoms with Crippen LogP contribution >= 0.6 is 23.2 Å². The highest BCUT2D eigenvalue weighted by Gasteiger charge is 2.22. The van der Waals surface area contributed by atoms with Crippen LogP contribution in [0.15, 0.2) is 18.2 Å². The van der Waals surface area contributed by atoms with Gasteiger partial charge in [-0.15, -0.1) is 0 Å². The molecule has 1 saturated carbocycles. The molecular formula is C15H21Cl2N. The van der Waals surface area contributed by atoms with Gasteiger partial charge in [0.05, 0.1) is 0 Å². The lowest BCUT2D eigenvalue weighted by Crippen LogP contribution is -2.26. The molecule has 1 aromatic carbocycles. The minimum absolute atomic E-state index is 0.675. The first-order valence-corrected chi connectivity index (χ1v) is 7.62. The molecule has 1 aromatic rings. The summed E-state index contributed by atoms with van der Waals surface area (Å²) in [7, 11) is 0. The quantitative estimate of drug-likeness (QED) is 0.765. The highest BCUT2D eigenvalue weighted by molar-refractivity contribution is 6.35. The summed E-state index contributed by atoms with van der Waals surface area (Å²) in [6.07, 6.45) is 6.21. The molecule has 0 heterocycles. The summed E-state index contributed by atoms with van der Waals surface area (Å²) >= 11 is 12.2. The molecule has 0 amide bonds. The van der Waals surface area contributed by atoms with Gasteiger partial charge in [0.1, 0.15) is 0 Å². The Balaban J connectivity index is 1.92. The number of rotatable bonds is 7. The molecule has 1 aliphatic rings. The SMILES string of the molecule is CCCC(CNC1CC1)Cc1ccc(Cl)cc1Cl. The Morgan fingerprint density at radius 1 is 1.33 bits per heavy atom. The minimum Gasteiger partial charge on any atom is -0.314 e. The molecular weight excluding hydrogens is 265 g/mol. The van der Waals surface area contributed by atoms with Crippen molar-refractivity contribution >= 4 is 23.2 Å². The van der Waals surface area contributed by atoms with Crippen LogP contribution in [0.3, 0.4) is 0 Å². The van der Waals surface area contributed by atoms with Crippen LogP contribution < -0.4 is 5.32 Å². The maximum atomic E-state index is 6.24. The summed E-state index contributed by atoms with van der Waals surface area (Å²) in [5.41, 5.74) is 1.22. The zero-order valence-electron chi connectivity index (χ0n) is 10.9. The van der Waals surface area contributed by atoms with Gasteiger partial charge >= 0.3 is 0 Å². The van der Waals surface area contributed by atoms with E-state index >= 15 is 0 Å². The average Bonchev–Trinajstić information content (AvgIpc) is 3.13. The van der Waals surface area contributed by atoms with Crippen LogP contribution in [-0.2, 0) is 6.42 Å². The van der Waals surface area contributed by atoms with Crippen molar-refractivity contribution in [2.45, 2.75) is 45.1 Å². The lowest BCUT2D eigenvalue weighted by atomic mass is 9.95. The molecule has 1 atom stereocenters. The van der Waals surface area contributed by atoms with Crippen molar-refractivity contribution in [3.63, 3.8) is 0 Å². The van der Waals surface area contributed by atoms with E-state index in [0.29, 0.717) is 10.9 Å². The first kappa shape index (κ1) is 14.2. The van der Waals surface area contributed by atoms with E-state index in [1.807, 2.05) is 12.1 Å². The van der Waals surface area contributed by atoms with Crippen LogP contribution in [0, 0.1) is 5.92 Å². The highest BCUT2D eigenvalue weighted by atomic mass is 35.5. The predicted octanol–water partition coefficient (Wildman–Crippen LogP) is 4.70. The molecule has 1 unspecified atom stereocenters. The first-order chi connectivity index (χ1) is 8.69. The van der Waals surface area contributed by atoms with Gasteiger partial charge in [0.25, 0.3) is 0 Å². The number of hydrogen-bond acceptors (Lipinski definition) is 1. The summed E-state index contributed by atoms with van der Waals surface area (Å²) in [5.74, 6) is 0.675. The Hall–Kier alpha value is -0.240. The van der Waals surface area contributed by atoms with E-state index < -0.39 is 0 Å². The molecule has 18 heavy (non-hydrogen) atoms. The van der Waals surface area contributed by atoms with Gasteiger partial charge in [-0.05, 0) is 55.8 Å². The molecule has 1 aliphatic carbocycles. The zero-order valence-corrected chi connectivity index (χ0v) is 12.4.